The molecule has 0 heterocycles. The van der Waals surface area contributed by atoms with Gasteiger partial charge in [-0.25, -0.2) is 0 Å². The maximum absolute atomic E-state index is 12.8. The van der Waals surface area contributed by atoms with Crippen LogP contribution in [0, 0.1) is 5.92 Å². The lowest BCUT2D eigenvalue weighted by atomic mass is 10.0. The van der Waals surface area contributed by atoms with Crippen molar-refractivity contribution >= 4 is 5.91 Å². The van der Waals surface area contributed by atoms with E-state index in [1.54, 1.807) is 0 Å². The van der Waals surface area contributed by atoms with Crippen molar-refractivity contribution in [2.75, 3.05) is 6.54 Å². The van der Waals surface area contributed by atoms with E-state index in [0.717, 1.165) is 30.5 Å². The highest BCUT2D eigenvalue weighted by molar-refractivity contribution is 5.79. The zero-order valence-corrected chi connectivity index (χ0v) is 13.3. The monoisotopic (exact) mass is 288 g/mol. The Bertz CT molecular complexity index is 464. The third-order valence-corrected chi connectivity index (χ3v) is 4.33. The minimum absolute atomic E-state index is 0.261. The summed E-state index contributed by atoms with van der Waals surface area (Å²) >= 11 is 0. The van der Waals surface area contributed by atoms with Crippen LogP contribution in [-0.2, 0) is 17.8 Å². The molecule has 116 valence electrons. The molecule has 0 spiro atoms. The van der Waals surface area contributed by atoms with Crippen molar-refractivity contribution in [3.8, 4) is 0 Å². The highest BCUT2D eigenvalue weighted by atomic mass is 16.2. The molecule has 1 aliphatic rings. The Hall–Kier alpha value is -1.35. The molecule has 1 aliphatic carbocycles. The van der Waals surface area contributed by atoms with E-state index >= 15 is 0 Å². The highest BCUT2D eigenvalue weighted by Gasteiger charge is 2.27. The second-order valence-electron chi connectivity index (χ2n) is 6.53. The second kappa shape index (κ2) is 7.60. The molecular weight excluding hydrogens is 260 g/mol. The van der Waals surface area contributed by atoms with Crippen LogP contribution >= 0.6 is 0 Å². The molecule has 0 atom stereocenters. The molecule has 2 N–H and O–H groups in total. The van der Waals surface area contributed by atoms with Gasteiger partial charge in [0.15, 0.2) is 0 Å². The molecule has 0 radical (unpaired) electrons. The Morgan fingerprint density at radius 2 is 1.86 bits per heavy atom. The fraction of sp³-hybridized carbons (Fsp3) is 0.611. The summed E-state index contributed by atoms with van der Waals surface area (Å²) in [6.07, 6.45) is 5.32. The van der Waals surface area contributed by atoms with Crippen molar-refractivity contribution in [3.63, 3.8) is 0 Å². The smallest absolute Gasteiger partial charge is 0.227 e. The van der Waals surface area contributed by atoms with E-state index in [0.29, 0.717) is 24.9 Å². The Morgan fingerprint density at radius 3 is 2.43 bits per heavy atom. The Balaban J connectivity index is 2.10. The third kappa shape index (κ3) is 4.31. The number of carbonyl (C=O) groups excluding carboxylic acids is 1. The molecule has 0 unspecified atom stereocenters. The maximum Gasteiger partial charge on any atom is 0.227 e. The lowest BCUT2D eigenvalue weighted by molar-refractivity contribution is -0.133. The average Bonchev–Trinajstić information content (AvgIpc) is 2.99. The van der Waals surface area contributed by atoms with E-state index < -0.39 is 0 Å². The molecule has 2 rings (SSSR count). The zero-order valence-electron chi connectivity index (χ0n) is 13.3. The first-order valence-electron chi connectivity index (χ1n) is 8.18. The maximum atomic E-state index is 12.8. The van der Waals surface area contributed by atoms with Gasteiger partial charge >= 0.3 is 0 Å². The summed E-state index contributed by atoms with van der Waals surface area (Å²) in [5.41, 5.74) is 7.95. The predicted octanol–water partition coefficient (Wildman–Crippen LogP) is 3.12. The van der Waals surface area contributed by atoms with Gasteiger partial charge in [0.05, 0.1) is 6.42 Å². The molecule has 0 aromatic heterocycles. The van der Waals surface area contributed by atoms with Gasteiger partial charge in [-0.05, 0) is 29.9 Å². The second-order valence-corrected chi connectivity index (χ2v) is 6.53. The number of rotatable bonds is 6. The largest absolute Gasteiger partial charge is 0.339 e. The van der Waals surface area contributed by atoms with Crippen LogP contribution in [0.3, 0.4) is 0 Å². The van der Waals surface area contributed by atoms with Crippen LogP contribution in [0.1, 0.15) is 50.7 Å². The molecule has 0 saturated heterocycles. The van der Waals surface area contributed by atoms with Crippen LogP contribution in [0.2, 0.25) is 0 Å². The third-order valence-electron chi connectivity index (χ3n) is 4.33. The molecule has 1 aromatic rings. The molecule has 21 heavy (non-hydrogen) atoms. The normalized spacial score (nSPS) is 15.6. The fourth-order valence-corrected chi connectivity index (χ4v) is 3.26. The number of hydrogen-bond acceptors (Lipinski definition) is 2. The summed E-state index contributed by atoms with van der Waals surface area (Å²) in [7, 11) is 0. The Kier molecular flexibility index (Phi) is 5.80. The van der Waals surface area contributed by atoms with Gasteiger partial charge in [-0.3, -0.25) is 4.79 Å². The van der Waals surface area contributed by atoms with E-state index in [2.05, 4.69) is 18.7 Å². The Morgan fingerprint density at radius 1 is 1.24 bits per heavy atom. The van der Waals surface area contributed by atoms with Crippen LogP contribution in [0.15, 0.2) is 24.3 Å². The highest BCUT2D eigenvalue weighted by Crippen LogP contribution is 2.25. The predicted molar refractivity (Wildman–Crippen MR) is 86.8 cm³/mol. The van der Waals surface area contributed by atoms with Crippen molar-refractivity contribution in [1.82, 2.24) is 4.90 Å². The summed E-state index contributed by atoms with van der Waals surface area (Å²) in [6, 6.07) is 8.47. The number of hydrogen-bond donors (Lipinski definition) is 1. The molecule has 0 bridgehead atoms. The van der Waals surface area contributed by atoms with Gasteiger partial charge in [0, 0.05) is 19.1 Å². The van der Waals surface area contributed by atoms with Crippen LogP contribution in [0.5, 0.6) is 0 Å². The number of amides is 1. The SMILES string of the molecule is CC(C)CN(C(=O)Cc1ccccc1CN)C1CCCC1. The van der Waals surface area contributed by atoms with Crippen LogP contribution < -0.4 is 5.73 Å². The van der Waals surface area contributed by atoms with E-state index in [4.69, 9.17) is 5.73 Å². The first-order chi connectivity index (χ1) is 10.1. The number of carbonyl (C=O) groups is 1. The summed E-state index contributed by atoms with van der Waals surface area (Å²) in [6.45, 7) is 5.73. The molecule has 3 nitrogen and oxygen atoms in total. The minimum atomic E-state index is 0.261. The molecule has 1 saturated carbocycles. The quantitative estimate of drug-likeness (QED) is 0.874. The van der Waals surface area contributed by atoms with Crippen LogP contribution in [-0.4, -0.2) is 23.4 Å². The van der Waals surface area contributed by atoms with Gasteiger partial charge in [0.2, 0.25) is 5.91 Å². The van der Waals surface area contributed by atoms with Crippen LogP contribution in [0.25, 0.3) is 0 Å². The molecule has 3 heteroatoms. The minimum Gasteiger partial charge on any atom is -0.339 e. The zero-order chi connectivity index (χ0) is 15.2. The molecule has 1 fully saturated rings. The lowest BCUT2D eigenvalue weighted by Gasteiger charge is -2.31. The number of nitrogens with zero attached hydrogens (tertiary/aromatic N) is 1. The molecule has 1 aromatic carbocycles. The van der Waals surface area contributed by atoms with E-state index in [1.165, 1.54) is 12.8 Å². The molecular formula is C18H28N2O. The summed E-state index contributed by atoms with van der Waals surface area (Å²) < 4.78 is 0. The topological polar surface area (TPSA) is 46.3 Å². The van der Waals surface area contributed by atoms with Gasteiger partial charge in [0.1, 0.15) is 0 Å². The molecule has 1 amide bonds. The van der Waals surface area contributed by atoms with Gasteiger partial charge in [-0.1, -0.05) is 51.0 Å². The molecule has 0 aliphatic heterocycles. The van der Waals surface area contributed by atoms with Crippen LogP contribution in [0.4, 0.5) is 0 Å². The fourth-order valence-electron chi connectivity index (χ4n) is 3.26. The van der Waals surface area contributed by atoms with Gasteiger partial charge in [0.25, 0.3) is 0 Å². The van der Waals surface area contributed by atoms with Crippen molar-refractivity contribution in [1.29, 1.82) is 0 Å². The van der Waals surface area contributed by atoms with Gasteiger partial charge < -0.3 is 10.6 Å². The lowest BCUT2D eigenvalue weighted by Crippen LogP contribution is -2.42. The van der Waals surface area contributed by atoms with Gasteiger partial charge in [-0.15, -0.1) is 0 Å². The van der Waals surface area contributed by atoms with E-state index in [1.807, 2.05) is 24.3 Å². The first-order valence-corrected chi connectivity index (χ1v) is 8.18. The van der Waals surface area contributed by atoms with Crippen molar-refractivity contribution < 1.29 is 4.79 Å². The van der Waals surface area contributed by atoms with Crippen molar-refractivity contribution in [2.24, 2.45) is 11.7 Å². The summed E-state index contributed by atoms with van der Waals surface area (Å²) in [4.78, 5) is 14.9. The van der Waals surface area contributed by atoms with Crippen molar-refractivity contribution in [3.05, 3.63) is 35.4 Å². The number of benzene rings is 1. The standard InChI is InChI=1S/C18H28N2O/c1-14(2)13-20(17-9-5-6-10-17)18(21)11-15-7-3-4-8-16(15)12-19/h3-4,7-8,14,17H,5-6,9-13,19H2,1-2H3. The van der Waals surface area contributed by atoms with E-state index in [-0.39, 0.29) is 5.91 Å². The summed E-state index contributed by atoms with van der Waals surface area (Å²) in [5.74, 6) is 0.774. The number of nitrogens with two attached hydrogens (primary N) is 1. The van der Waals surface area contributed by atoms with E-state index in [9.17, 15) is 4.79 Å². The summed E-state index contributed by atoms with van der Waals surface area (Å²) in [5, 5.41) is 0. The first kappa shape index (κ1) is 16.0. The Labute approximate surface area is 128 Å². The van der Waals surface area contributed by atoms with Crippen molar-refractivity contribution in [2.45, 2.75) is 58.5 Å². The average molecular weight is 288 g/mol. The van der Waals surface area contributed by atoms with Gasteiger partial charge in [-0.2, -0.15) is 0 Å².